The van der Waals surface area contributed by atoms with Gasteiger partial charge in [-0.3, -0.25) is 14.5 Å². The molecule has 2 aliphatic heterocycles. The molecule has 1 aromatic rings. The van der Waals surface area contributed by atoms with E-state index in [-0.39, 0.29) is 23.9 Å². The number of carbonyl (C=O) groups excluding carboxylic acids is 2. The molecule has 7 nitrogen and oxygen atoms in total. The molecule has 1 aromatic heterocycles. The van der Waals surface area contributed by atoms with Crippen molar-refractivity contribution >= 4 is 28.3 Å². The smallest absolute Gasteiger partial charge is 0.228 e. The zero-order chi connectivity index (χ0) is 17.0. The van der Waals surface area contributed by atoms with Gasteiger partial charge >= 0.3 is 0 Å². The van der Waals surface area contributed by atoms with E-state index in [1.807, 2.05) is 5.38 Å². The van der Waals surface area contributed by atoms with Crippen LogP contribution in [0.1, 0.15) is 37.8 Å². The Balaban J connectivity index is 1.42. The summed E-state index contributed by atoms with van der Waals surface area (Å²) in [5.41, 5.74) is 0.318. The van der Waals surface area contributed by atoms with E-state index >= 15 is 0 Å². The minimum atomic E-state index is -0.371. The van der Waals surface area contributed by atoms with Gasteiger partial charge in [0, 0.05) is 44.2 Å². The van der Waals surface area contributed by atoms with E-state index < -0.39 is 0 Å². The highest BCUT2D eigenvalue weighted by atomic mass is 32.1. The third kappa shape index (κ3) is 3.97. The first-order valence-corrected chi connectivity index (χ1v) is 8.89. The Morgan fingerprint density at radius 2 is 2.29 bits per heavy atom. The van der Waals surface area contributed by atoms with Crippen molar-refractivity contribution in [2.45, 2.75) is 44.2 Å². The van der Waals surface area contributed by atoms with Gasteiger partial charge in [0.2, 0.25) is 11.8 Å². The fourth-order valence-electron chi connectivity index (χ4n) is 2.65. The number of carbonyl (C=O) groups is 2. The molecule has 126 valence electrons. The van der Waals surface area contributed by atoms with Crippen molar-refractivity contribution in [2.24, 2.45) is 10.2 Å². The summed E-state index contributed by atoms with van der Waals surface area (Å²) in [5, 5.41) is 13.5. The van der Waals surface area contributed by atoms with Crippen LogP contribution in [-0.2, 0) is 16.0 Å². The minimum absolute atomic E-state index is 0.0904. The predicted molar refractivity (Wildman–Crippen MR) is 90.7 cm³/mol. The van der Waals surface area contributed by atoms with Crippen molar-refractivity contribution in [1.29, 1.82) is 0 Å². The molecule has 0 saturated carbocycles. The standard InChI is InChI=1S/C16H19N5O2S/c1-2-3-6-16(19-20-16)7-8-17-13(22)10-12-11-24-15(18-12)21-9-4-5-14(21)23/h1,11H,3-10H2,(H,17,22). The normalized spacial score (nSPS) is 17.8. The van der Waals surface area contributed by atoms with Crippen LogP contribution in [0.4, 0.5) is 5.13 Å². The highest BCUT2D eigenvalue weighted by Crippen LogP contribution is 2.36. The first-order chi connectivity index (χ1) is 11.6. The maximum Gasteiger partial charge on any atom is 0.228 e. The quantitative estimate of drug-likeness (QED) is 0.730. The number of aromatic nitrogens is 1. The molecule has 0 radical (unpaired) electrons. The van der Waals surface area contributed by atoms with Crippen molar-refractivity contribution in [2.75, 3.05) is 18.0 Å². The second-order valence-electron chi connectivity index (χ2n) is 5.93. The van der Waals surface area contributed by atoms with Crippen LogP contribution in [0.3, 0.4) is 0 Å². The number of hydrogen-bond acceptors (Lipinski definition) is 6. The minimum Gasteiger partial charge on any atom is -0.356 e. The number of amides is 2. The van der Waals surface area contributed by atoms with Crippen LogP contribution >= 0.6 is 11.3 Å². The number of anilines is 1. The average Bonchev–Trinajstić information content (AvgIpc) is 2.95. The first-order valence-electron chi connectivity index (χ1n) is 8.01. The van der Waals surface area contributed by atoms with Crippen LogP contribution < -0.4 is 10.2 Å². The van der Waals surface area contributed by atoms with Crippen molar-refractivity contribution in [3.63, 3.8) is 0 Å². The third-order valence-corrected chi connectivity index (χ3v) is 5.00. The van der Waals surface area contributed by atoms with Gasteiger partial charge in [0.1, 0.15) is 0 Å². The van der Waals surface area contributed by atoms with Gasteiger partial charge in [-0.25, -0.2) is 4.98 Å². The molecule has 3 rings (SSSR count). The molecule has 1 saturated heterocycles. The van der Waals surface area contributed by atoms with E-state index in [1.165, 1.54) is 11.3 Å². The molecule has 0 aromatic carbocycles. The Kier molecular flexibility index (Phi) is 4.90. The summed E-state index contributed by atoms with van der Waals surface area (Å²) in [4.78, 5) is 29.8. The molecule has 0 atom stereocenters. The number of thiazole rings is 1. The van der Waals surface area contributed by atoms with E-state index in [9.17, 15) is 9.59 Å². The fraction of sp³-hybridized carbons (Fsp3) is 0.562. The zero-order valence-electron chi connectivity index (χ0n) is 13.3. The molecule has 0 bridgehead atoms. The Morgan fingerprint density at radius 3 is 2.96 bits per heavy atom. The van der Waals surface area contributed by atoms with Crippen LogP contribution in [0.15, 0.2) is 15.6 Å². The van der Waals surface area contributed by atoms with E-state index in [0.717, 1.165) is 12.8 Å². The molecular weight excluding hydrogens is 326 g/mol. The highest BCUT2D eigenvalue weighted by molar-refractivity contribution is 7.14. The lowest BCUT2D eigenvalue weighted by molar-refractivity contribution is -0.120. The lowest BCUT2D eigenvalue weighted by Gasteiger charge is -2.10. The second kappa shape index (κ2) is 7.09. The number of nitrogens with one attached hydrogen (secondary N) is 1. The SMILES string of the molecule is C#CCCC1(CCNC(=O)Cc2csc(N3CCCC3=O)n2)N=N1. The van der Waals surface area contributed by atoms with Crippen molar-refractivity contribution < 1.29 is 9.59 Å². The maximum atomic E-state index is 12.0. The van der Waals surface area contributed by atoms with Crippen LogP contribution in [0.25, 0.3) is 0 Å². The average molecular weight is 345 g/mol. The van der Waals surface area contributed by atoms with Crippen molar-refractivity contribution in [3.8, 4) is 12.3 Å². The lowest BCUT2D eigenvalue weighted by atomic mass is 10.0. The number of nitrogens with zero attached hydrogens (tertiary/aromatic N) is 4. The van der Waals surface area contributed by atoms with Gasteiger partial charge in [-0.05, 0) is 6.42 Å². The van der Waals surface area contributed by atoms with E-state index in [4.69, 9.17) is 6.42 Å². The van der Waals surface area contributed by atoms with Crippen molar-refractivity contribution in [3.05, 3.63) is 11.1 Å². The first kappa shape index (κ1) is 16.6. The van der Waals surface area contributed by atoms with Gasteiger partial charge in [0.05, 0.1) is 12.1 Å². The lowest BCUT2D eigenvalue weighted by Crippen LogP contribution is -2.29. The van der Waals surface area contributed by atoms with E-state index in [2.05, 4.69) is 26.4 Å². The van der Waals surface area contributed by atoms with Gasteiger partial charge in [-0.1, -0.05) is 0 Å². The maximum absolute atomic E-state index is 12.0. The molecule has 24 heavy (non-hydrogen) atoms. The summed E-state index contributed by atoms with van der Waals surface area (Å²) in [6, 6.07) is 0. The zero-order valence-corrected chi connectivity index (χ0v) is 14.1. The number of hydrogen-bond donors (Lipinski definition) is 1. The molecule has 0 aliphatic carbocycles. The van der Waals surface area contributed by atoms with Gasteiger partial charge in [0.25, 0.3) is 0 Å². The molecule has 1 N–H and O–H groups in total. The molecule has 0 spiro atoms. The van der Waals surface area contributed by atoms with E-state index in [1.54, 1.807) is 4.90 Å². The molecule has 0 unspecified atom stereocenters. The Labute approximate surface area is 144 Å². The van der Waals surface area contributed by atoms with E-state index in [0.29, 0.717) is 43.2 Å². The van der Waals surface area contributed by atoms with Gasteiger partial charge in [-0.15, -0.1) is 23.7 Å². The molecular formula is C16H19N5O2S. The van der Waals surface area contributed by atoms with Gasteiger partial charge < -0.3 is 5.32 Å². The van der Waals surface area contributed by atoms with Crippen molar-refractivity contribution in [1.82, 2.24) is 10.3 Å². The molecule has 2 amide bonds. The van der Waals surface area contributed by atoms with Crippen LogP contribution in [0, 0.1) is 12.3 Å². The number of terminal acetylenes is 1. The molecule has 3 heterocycles. The summed E-state index contributed by atoms with van der Waals surface area (Å²) >= 11 is 1.40. The Hall–Kier alpha value is -2.27. The molecule has 2 aliphatic rings. The third-order valence-electron chi connectivity index (χ3n) is 4.09. The van der Waals surface area contributed by atoms with Crippen LogP contribution in [-0.4, -0.2) is 35.6 Å². The fourth-order valence-corrected chi connectivity index (χ4v) is 3.52. The topological polar surface area (TPSA) is 87.0 Å². The Morgan fingerprint density at radius 1 is 1.46 bits per heavy atom. The summed E-state index contributed by atoms with van der Waals surface area (Å²) < 4.78 is 0. The molecule has 1 fully saturated rings. The monoisotopic (exact) mass is 345 g/mol. The van der Waals surface area contributed by atoms with Crippen LogP contribution in [0.5, 0.6) is 0 Å². The van der Waals surface area contributed by atoms with Gasteiger partial charge in [-0.2, -0.15) is 10.2 Å². The largest absolute Gasteiger partial charge is 0.356 e. The number of rotatable bonds is 8. The Bertz CT molecular complexity index is 700. The predicted octanol–water partition coefficient (Wildman–Crippen LogP) is 1.89. The van der Waals surface area contributed by atoms with Gasteiger partial charge in [0.15, 0.2) is 10.8 Å². The highest BCUT2D eigenvalue weighted by Gasteiger charge is 2.38. The summed E-state index contributed by atoms with van der Waals surface area (Å²) in [6.07, 6.45) is 8.95. The summed E-state index contributed by atoms with van der Waals surface area (Å²) in [5.74, 6) is 2.60. The summed E-state index contributed by atoms with van der Waals surface area (Å²) in [6.45, 7) is 1.22. The van der Waals surface area contributed by atoms with Crippen LogP contribution in [0.2, 0.25) is 0 Å². The molecule has 8 heteroatoms. The second-order valence-corrected chi connectivity index (χ2v) is 6.77. The summed E-state index contributed by atoms with van der Waals surface area (Å²) in [7, 11) is 0.